The van der Waals surface area contributed by atoms with Crippen LogP contribution in [0, 0.1) is 6.92 Å². The van der Waals surface area contributed by atoms with Crippen molar-refractivity contribution in [2.75, 3.05) is 0 Å². The molecule has 2 rings (SSSR count). The zero-order valence-electron chi connectivity index (χ0n) is 10.4. The molecule has 0 unspecified atom stereocenters. The third-order valence-electron chi connectivity index (χ3n) is 2.40. The fourth-order valence-corrected chi connectivity index (χ4v) is 1.82. The zero-order chi connectivity index (χ0) is 14.8. The molecule has 3 nitrogen and oxygen atoms in total. The van der Waals surface area contributed by atoms with Crippen LogP contribution in [0.4, 0.5) is 13.2 Å². The molecule has 1 aromatic heterocycles. The molecule has 0 aliphatic carbocycles. The fraction of sp³-hybridized carbons (Fsp3) is 0.231. The summed E-state index contributed by atoms with van der Waals surface area (Å²) < 4.78 is 42.9. The van der Waals surface area contributed by atoms with Gasteiger partial charge in [0.2, 0.25) is 0 Å². The number of halogens is 4. The highest BCUT2D eigenvalue weighted by Crippen LogP contribution is 2.31. The highest BCUT2D eigenvalue weighted by atomic mass is 35.5. The first-order chi connectivity index (χ1) is 9.34. The number of rotatable bonds is 3. The molecule has 0 bridgehead atoms. The van der Waals surface area contributed by atoms with Crippen LogP contribution in [0.3, 0.4) is 0 Å². The van der Waals surface area contributed by atoms with Crippen LogP contribution in [-0.4, -0.2) is 9.97 Å². The first-order valence-electron chi connectivity index (χ1n) is 5.65. The Morgan fingerprint density at radius 1 is 1.20 bits per heavy atom. The normalized spacial score (nSPS) is 11.4. The summed E-state index contributed by atoms with van der Waals surface area (Å²) in [6.45, 7) is 1.68. The Morgan fingerprint density at radius 3 is 2.60 bits per heavy atom. The predicted octanol–water partition coefficient (Wildman–Crippen LogP) is 4.04. The van der Waals surface area contributed by atoms with Crippen LogP contribution < -0.4 is 4.74 Å². The molecule has 0 N–H and O–H groups in total. The van der Waals surface area contributed by atoms with Crippen LogP contribution in [-0.2, 0) is 12.8 Å². The number of hydrogen-bond donors (Lipinski definition) is 0. The Kier molecular flexibility index (Phi) is 4.13. The molecule has 0 aliphatic rings. The van der Waals surface area contributed by atoms with Crippen LogP contribution >= 0.6 is 11.6 Å². The van der Waals surface area contributed by atoms with E-state index in [9.17, 15) is 13.2 Å². The number of ether oxygens (including phenoxy) is 1. The second kappa shape index (κ2) is 5.66. The Balaban J connectivity index is 2.11. The van der Waals surface area contributed by atoms with E-state index in [1.807, 2.05) is 0 Å². The van der Waals surface area contributed by atoms with Crippen molar-refractivity contribution in [2.45, 2.75) is 19.7 Å². The standard InChI is InChI=1S/C13H10ClF3N2O/c1-8-5-11(14)19-12(18-8)7-20-10-4-2-3-9(6-10)13(15,16)17/h2-6H,7H2,1H3. The van der Waals surface area contributed by atoms with E-state index in [1.54, 1.807) is 13.0 Å². The number of aromatic nitrogens is 2. The highest BCUT2D eigenvalue weighted by Gasteiger charge is 2.30. The van der Waals surface area contributed by atoms with Crippen molar-refractivity contribution in [3.05, 3.63) is 52.6 Å². The molecule has 0 saturated heterocycles. The molecule has 0 saturated carbocycles. The highest BCUT2D eigenvalue weighted by molar-refractivity contribution is 6.29. The van der Waals surface area contributed by atoms with Gasteiger partial charge in [0.05, 0.1) is 5.56 Å². The molecule has 0 atom stereocenters. The van der Waals surface area contributed by atoms with Gasteiger partial charge in [-0.3, -0.25) is 0 Å². The van der Waals surface area contributed by atoms with Crippen LogP contribution in [0.1, 0.15) is 17.1 Å². The summed E-state index contributed by atoms with van der Waals surface area (Å²) in [5, 5.41) is 0.264. The molecular formula is C13H10ClF3N2O. The van der Waals surface area contributed by atoms with Gasteiger partial charge >= 0.3 is 6.18 Å². The van der Waals surface area contributed by atoms with E-state index >= 15 is 0 Å². The minimum atomic E-state index is -4.40. The van der Waals surface area contributed by atoms with Crippen molar-refractivity contribution in [1.82, 2.24) is 9.97 Å². The lowest BCUT2D eigenvalue weighted by Crippen LogP contribution is -2.06. The van der Waals surface area contributed by atoms with Crippen LogP contribution in [0.2, 0.25) is 5.15 Å². The van der Waals surface area contributed by atoms with Gasteiger partial charge in [-0.15, -0.1) is 0 Å². The van der Waals surface area contributed by atoms with Crippen LogP contribution in [0.15, 0.2) is 30.3 Å². The summed E-state index contributed by atoms with van der Waals surface area (Å²) in [5.74, 6) is 0.411. The lowest BCUT2D eigenvalue weighted by Gasteiger charge is -2.10. The van der Waals surface area contributed by atoms with Crippen molar-refractivity contribution >= 4 is 11.6 Å². The summed E-state index contributed by atoms with van der Waals surface area (Å²) in [4.78, 5) is 8.00. The maximum Gasteiger partial charge on any atom is 0.416 e. The van der Waals surface area contributed by atoms with Crippen molar-refractivity contribution < 1.29 is 17.9 Å². The van der Waals surface area contributed by atoms with Gasteiger partial charge in [0, 0.05) is 5.69 Å². The molecule has 0 radical (unpaired) electrons. The lowest BCUT2D eigenvalue weighted by molar-refractivity contribution is -0.137. The molecule has 106 valence electrons. The second-order valence-electron chi connectivity index (χ2n) is 4.06. The molecule has 1 aromatic carbocycles. The molecule has 0 spiro atoms. The van der Waals surface area contributed by atoms with Crippen molar-refractivity contribution in [3.8, 4) is 5.75 Å². The maximum atomic E-state index is 12.5. The Hall–Kier alpha value is -1.82. The van der Waals surface area contributed by atoms with Gasteiger partial charge in [-0.1, -0.05) is 17.7 Å². The average molecular weight is 303 g/mol. The van der Waals surface area contributed by atoms with Crippen LogP contribution in [0.5, 0.6) is 5.75 Å². The van der Waals surface area contributed by atoms with Crippen molar-refractivity contribution in [1.29, 1.82) is 0 Å². The van der Waals surface area contributed by atoms with Gasteiger partial charge in [0.1, 0.15) is 17.5 Å². The van der Waals surface area contributed by atoms with Crippen molar-refractivity contribution in [2.24, 2.45) is 0 Å². The molecule has 0 aliphatic heterocycles. The van der Waals surface area contributed by atoms with Gasteiger partial charge in [-0.25, -0.2) is 9.97 Å². The van der Waals surface area contributed by atoms with Gasteiger partial charge in [0.15, 0.2) is 5.82 Å². The molecule has 2 aromatic rings. The van der Waals surface area contributed by atoms with E-state index in [0.29, 0.717) is 11.5 Å². The number of nitrogens with zero attached hydrogens (tertiary/aromatic N) is 2. The van der Waals surface area contributed by atoms with E-state index in [4.69, 9.17) is 16.3 Å². The number of benzene rings is 1. The van der Waals surface area contributed by atoms with E-state index in [0.717, 1.165) is 12.1 Å². The zero-order valence-corrected chi connectivity index (χ0v) is 11.2. The van der Waals surface area contributed by atoms with E-state index < -0.39 is 11.7 Å². The van der Waals surface area contributed by atoms with E-state index in [1.165, 1.54) is 12.1 Å². The van der Waals surface area contributed by atoms with Crippen molar-refractivity contribution in [3.63, 3.8) is 0 Å². The quantitative estimate of drug-likeness (QED) is 0.803. The molecule has 0 amide bonds. The molecule has 20 heavy (non-hydrogen) atoms. The Morgan fingerprint density at radius 2 is 1.95 bits per heavy atom. The molecule has 1 heterocycles. The topological polar surface area (TPSA) is 35.0 Å². The maximum absolute atomic E-state index is 12.5. The Labute approximate surface area is 118 Å². The average Bonchev–Trinajstić information content (AvgIpc) is 2.35. The van der Waals surface area contributed by atoms with E-state index in [2.05, 4.69) is 9.97 Å². The molecule has 0 fully saturated rings. The summed E-state index contributed by atoms with van der Waals surface area (Å²) in [5.41, 5.74) is -0.106. The second-order valence-corrected chi connectivity index (χ2v) is 4.45. The number of hydrogen-bond acceptors (Lipinski definition) is 3. The third kappa shape index (κ3) is 3.84. The first-order valence-corrected chi connectivity index (χ1v) is 6.02. The molecular weight excluding hydrogens is 293 g/mol. The van der Waals surface area contributed by atoms with Gasteiger partial charge in [-0.2, -0.15) is 13.2 Å². The smallest absolute Gasteiger partial charge is 0.416 e. The summed E-state index contributed by atoms with van der Waals surface area (Å²) in [7, 11) is 0. The van der Waals surface area contributed by atoms with Gasteiger partial charge in [0.25, 0.3) is 0 Å². The van der Waals surface area contributed by atoms with Crippen LogP contribution in [0.25, 0.3) is 0 Å². The monoisotopic (exact) mass is 302 g/mol. The number of aryl methyl sites for hydroxylation is 1. The fourth-order valence-electron chi connectivity index (χ4n) is 1.56. The summed E-state index contributed by atoms with van der Waals surface area (Å²) in [6.07, 6.45) is -4.40. The Bertz CT molecular complexity index is 597. The lowest BCUT2D eigenvalue weighted by atomic mass is 10.2. The minimum absolute atomic E-state index is 0.0529. The van der Waals surface area contributed by atoms with Gasteiger partial charge < -0.3 is 4.74 Å². The first kappa shape index (κ1) is 14.6. The summed E-state index contributed by atoms with van der Waals surface area (Å²) in [6, 6.07) is 6.20. The van der Waals surface area contributed by atoms with E-state index in [-0.39, 0.29) is 17.5 Å². The molecule has 7 heteroatoms. The SMILES string of the molecule is Cc1cc(Cl)nc(COc2cccc(C(F)(F)F)c2)n1. The predicted molar refractivity (Wildman–Crippen MR) is 67.6 cm³/mol. The van der Waals surface area contributed by atoms with Gasteiger partial charge in [-0.05, 0) is 31.2 Å². The minimum Gasteiger partial charge on any atom is -0.486 e. The number of alkyl halides is 3. The third-order valence-corrected chi connectivity index (χ3v) is 2.59. The largest absolute Gasteiger partial charge is 0.486 e. The summed E-state index contributed by atoms with van der Waals surface area (Å²) >= 11 is 5.76.